The number of carbonyl (C=O) groups excluding carboxylic acids is 2. The van der Waals surface area contributed by atoms with Crippen molar-refractivity contribution in [1.82, 2.24) is 10.2 Å². The molecule has 8 nitrogen and oxygen atoms in total. The Bertz CT molecular complexity index is 1310. The van der Waals surface area contributed by atoms with Gasteiger partial charge in [-0.2, -0.15) is 0 Å². The number of nitrogens with one attached hydrogen (secondary N) is 1. The molecule has 2 amide bonds. The Morgan fingerprint density at radius 3 is 2.23 bits per heavy atom. The third-order valence-electron chi connectivity index (χ3n) is 6.85. The summed E-state index contributed by atoms with van der Waals surface area (Å²) in [5.41, 5.74) is 0.763. The maximum Gasteiger partial charge on any atom is 0.253 e. The molecule has 0 aliphatic heterocycles. The summed E-state index contributed by atoms with van der Waals surface area (Å²) in [6, 6.07) is 9.26. The molecule has 1 unspecified atom stereocenters. The summed E-state index contributed by atoms with van der Waals surface area (Å²) in [4.78, 5) is 29.5. The topological polar surface area (TPSA) is 119 Å². The van der Waals surface area contributed by atoms with Gasteiger partial charge in [-0.15, -0.1) is 11.3 Å². The molecule has 0 aliphatic carbocycles. The van der Waals surface area contributed by atoms with Crippen LogP contribution < -0.4 is 5.32 Å². The highest BCUT2D eigenvalue weighted by Gasteiger charge is 2.35. The van der Waals surface area contributed by atoms with E-state index in [-0.39, 0.29) is 30.2 Å². The molecule has 1 heterocycles. The van der Waals surface area contributed by atoms with Gasteiger partial charge in [-0.3, -0.25) is 9.59 Å². The fraction of sp³-hybridized carbons (Fsp3) is 0.438. The molecule has 0 aliphatic rings. The maximum atomic E-state index is 14.0. The quantitative estimate of drug-likeness (QED) is 0.177. The minimum atomic E-state index is -1.81. The lowest BCUT2D eigenvalue weighted by Crippen LogP contribution is -2.53. The lowest BCUT2D eigenvalue weighted by Gasteiger charge is -2.31. The zero-order chi connectivity index (χ0) is 31.5. The molecule has 0 spiro atoms. The number of ether oxygens (including phenoxy) is 1. The van der Waals surface area contributed by atoms with Gasteiger partial charge in [0.1, 0.15) is 29.9 Å². The summed E-state index contributed by atoms with van der Waals surface area (Å²) in [7, 11) is 0. The average Bonchev–Trinajstić information content (AvgIpc) is 3.49. The summed E-state index contributed by atoms with van der Waals surface area (Å²) < 4.78 is 33.5. The average molecular weight is 619 g/mol. The van der Waals surface area contributed by atoms with E-state index < -0.39 is 41.9 Å². The van der Waals surface area contributed by atoms with Crippen LogP contribution in [0.3, 0.4) is 0 Å². The minimum Gasteiger partial charge on any atom is -0.388 e. The van der Waals surface area contributed by atoms with Crippen LogP contribution in [0.5, 0.6) is 0 Å². The molecule has 3 aromatic rings. The molecule has 0 saturated carbocycles. The normalized spacial score (nSPS) is 14.1. The number of amides is 2. The van der Waals surface area contributed by atoms with Crippen molar-refractivity contribution >= 4 is 23.2 Å². The van der Waals surface area contributed by atoms with Crippen molar-refractivity contribution in [2.24, 2.45) is 0 Å². The lowest BCUT2D eigenvalue weighted by atomic mass is 9.94. The van der Waals surface area contributed by atoms with E-state index in [1.54, 1.807) is 29.2 Å². The van der Waals surface area contributed by atoms with Gasteiger partial charge in [0.05, 0.1) is 19.3 Å². The molecular formula is C32H40F2N2O6S. The van der Waals surface area contributed by atoms with Crippen LogP contribution in [0.2, 0.25) is 0 Å². The molecule has 0 bridgehead atoms. The fourth-order valence-electron chi connectivity index (χ4n) is 4.78. The number of hydrogen-bond acceptors (Lipinski definition) is 7. The predicted octanol–water partition coefficient (Wildman–Crippen LogP) is 4.41. The van der Waals surface area contributed by atoms with E-state index in [4.69, 9.17) is 4.74 Å². The second-order valence-electron chi connectivity index (χ2n) is 10.5. The molecule has 4 N–H and O–H groups in total. The van der Waals surface area contributed by atoms with Crippen LogP contribution in [0, 0.1) is 18.6 Å². The summed E-state index contributed by atoms with van der Waals surface area (Å²) in [5, 5.41) is 37.3. The molecule has 0 radical (unpaired) electrons. The number of aliphatic hydroxyl groups excluding tert-OH is 3. The summed E-state index contributed by atoms with van der Waals surface area (Å²) in [5.74, 6) is -2.92. The van der Waals surface area contributed by atoms with Crippen LogP contribution in [0.15, 0.2) is 53.9 Å². The molecule has 11 heteroatoms. The zero-order valence-electron chi connectivity index (χ0n) is 24.6. The van der Waals surface area contributed by atoms with Crippen LogP contribution in [0.1, 0.15) is 69.5 Å². The molecule has 4 atom stereocenters. The smallest absolute Gasteiger partial charge is 0.253 e. The SMILES string of the molecule is CCCN(CCC)C(=O)c1cc(C)cc(C(=O)N[C@@H](C(O)c2cc(F)cc(F)c2)[C@@H](O)[C@H](O)COCCc2cccs2)c1. The third kappa shape index (κ3) is 9.90. The summed E-state index contributed by atoms with van der Waals surface area (Å²) >= 11 is 1.55. The van der Waals surface area contributed by atoms with Gasteiger partial charge in [0.25, 0.3) is 11.8 Å². The maximum absolute atomic E-state index is 14.0. The number of benzene rings is 2. The summed E-state index contributed by atoms with van der Waals surface area (Å²) in [6.07, 6.45) is -3.03. The molecular weight excluding hydrogens is 578 g/mol. The van der Waals surface area contributed by atoms with Crippen LogP contribution in [0.4, 0.5) is 8.78 Å². The van der Waals surface area contributed by atoms with Gasteiger partial charge in [-0.05, 0) is 72.7 Å². The van der Waals surface area contributed by atoms with E-state index in [2.05, 4.69) is 5.32 Å². The van der Waals surface area contributed by atoms with Gasteiger partial charge in [0.2, 0.25) is 0 Å². The first-order valence-corrected chi connectivity index (χ1v) is 15.2. The number of nitrogens with zero attached hydrogens (tertiary/aromatic N) is 1. The molecule has 2 aromatic carbocycles. The fourth-order valence-corrected chi connectivity index (χ4v) is 5.47. The second-order valence-corrected chi connectivity index (χ2v) is 11.5. The van der Waals surface area contributed by atoms with Gasteiger partial charge in [-0.1, -0.05) is 19.9 Å². The number of aliphatic hydroxyl groups is 3. The van der Waals surface area contributed by atoms with Gasteiger partial charge in [0.15, 0.2) is 0 Å². The van der Waals surface area contributed by atoms with Crippen molar-refractivity contribution in [3.05, 3.63) is 92.7 Å². The number of rotatable bonds is 16. The monoisotopic (exact) mass is 618 g/mol. The van der Waals surface area contributed by atoms with Gasteiger partial charge in [-0.25, -0.2) is 8.78 Å². The highest BCUT2D eigenvalue weighted by molar-refractivity contribution is 7.09. The van der Waals surface area contributed by atoms with Gasteiger partial charge < -0.3 is 30.3 Å². The Hall–Kier alpha value is -3.22. The Morgan fingerprint density at radius 2 is 1.63 bits per heavy atom. The van der Waals surface area contributed by atoms with Crippen molar-refractivity contribution in [2.75, 3.05) is 26.3 Å². The van der Waals surface area contributed by atoms with E-state index in [1.165, 1.54) is 12.1 Å². The molecule has 234 valence electrons. The van der Waals surface area contributed by atoms with E-state index in [0.717, 1.165) is 29.9 Å². The van der Waals surface area contributed by atoms with Crippen LogP contribution in [-0.2, 0) is 11.2 Å². The first-order chi connectivity index (χ1) is 20.5. The van der Waals surface area contributed by atoms with Gasteiger partial charge >= 0.3 is 0 Å². The van der Waals surface area contributed by atoms with Crippen LogP contribution in [0.25, 0.3) is 0 Å². The van der Waals surface area contributed by atoms with E-state index in [1.807, 2.05) is 31.4 Å². The Labute approximate surface area is 254 Å². The highest BCUT2D eigenvalue weighted by Crippen LogP contribution is 2.24. The molecule has 3 rings (SSSR count). The molecule has 0 saturated heterocycles. The van der Waals surface area contributed by atoms with Crippen molar-refractivity contribution in [1.29, 1.82) is 0 Å². The minimum absolute atomic E-state index is 0.0767. The lowest BCUT2D eigenvalue weighted by molar-refractivity contribution is -0.0700. The van der Waals surface area contributed by atoms with E-state index in [9.17, 15) is 33.7 Å². The zero-order valence-corrected chi connectivity index (χ0v) is 25.4. The van der Waals surface area contributed by atoms with E-state index >= 15 is 0 Å². The van der Waals surface area contributed by atoms with Crippen LogP contribution in [-0.4, -0.2) is 76.6 Å². The van der Waals surface area contributed by atoms with E-state index in [0.29, 0.717) is 36.7 Å². The van der Waals surface area contributed by atoms with Crippen molar-refractivity contribution in [3.8, 4) is 0 Å². The Balaban J connectivity index is 1.84. The molecule has 0 fully saturated rings. The first-order valence-electron chi connectivity index (χ1n) is 14.4. The number of thiophene rings is 1. The van der Waals surface area contributed by atoms with Gasteiger partial charge in [0, 0.05) is 41.6 Å². The second kappa shape index (κ2) is 16.6. The van der Waals surface area contributed by atoms with Crippen LogP contribution >= 0.6 is 11.3 Å². The Morgan fingerprint density at radius 1 is 0.977 bits per heavy atom. The number of halogens is 2. The molecule has 1 aromatic heterocycles. The number of aryl methyl sites for hydroxylation is 1. The Kier molecular flexibility index (Phi) is 13.2. The highest BCUT2D eigenvalue weighted by atomic mass is 32.1. The van der Waals surface area contributed by atoms with Crippen molar-refractivity contribution in [2.45, 2.75) is 64.4 Å². The summed E-state index contributed by atoms with van der Waals surface area (Å²) in [6.45, 7) is 6.71. The van der Waals surface area contributed by atoms with Crippen molar-refractivity contribution < 1.29 is 38.4 Å². The van der Waals surface area contributed by atoms with Crippen molar-refractivity contribution in [3.63, 3.8) is 0 Å². The number of carbonyl (C=O) groups is 2. The standard InChI is InChI=1S/C32H40F2N2O6S/c1-4-9-36(10-5-2)32(41)23-14-20(3)13-22(15-23)31(40)35-28(29(38)21-16-24(33)18-25(34)17-21)30(39)27(37)19-42-11-8-26-7-6-12-43-26/h6-7,12-18,27-30,37-39H,4-5,8-11,19H2,1-3H3,(H,35,40)/t27-,28+,29?,30+/m1/s1. The first kappa shape index (κ1) is 34.3. The molecule has 43 heavy (non-hydrogen) atoms. The number of hydrogen-bond donors (Lipinski definition) is 4. The largest absolute Gasteiger partial charge is 0.388 e. The third-order valence-corrected chi connectivity index (χ3v) is 7.78. The predicted molar refractivity (Wildman–Crippen MR) is 161 cm³/mol.